The smallest absolute Gasteiger partial charge is 0.242 e. The summed E-state index contributed by atoms with van der Waals surface area (Å²) in [6.07, 6.45) is 0. The first-order valence-electron chi connectivity index (χ1n) is 8.06. The van der Waals surface area contributed by atoms with Crippen molar-refractivity contribution in [2.24, 2.45) is 0 Å². The van der Waals surface area contributed by atoms with Gasteiger partial charge in [0.2, 0.25) is 15.9 Å². The normalized spacial score (nSPS) is 12.2. The largest absolute Gasteiger partial charge is 0.325 e. The maximum absolute atomic E-state index is 12.6. The number of aryl methyl sites for hydroxylation is 2. The average Bonchev–Trinajstić information content (AvgIpc) is 2.56. The fourth-order valence-electron chi connectivity index (χ4n) is 2.43. The first kappa shape index (κ1) is 21.1. The number of amides is 1. The van der Waals surface area contributed by atoms with Crippen LogP contribution in [0.3, 0.4) is 0 Å². The molecule has 0 heterocycles. The molecule has 0 unspecified atom stereocenters. The molecular formula is C18H22N2O5S2. The van der Waals surface area contributed by atoms with Crippen LogP contribution in [0.4, 0.5) is 5.69 Å². The number of hydrogen-bond donors (Lipinski definition) is 1. The molecule has 0 saturated carbocycles. The van der Waals surface area contributed by atoms with Crippen LogP contribution in [0.2, 0.25) is 0 Å². The van der Waals surface area contributed by atoms with Crippen molar-refractivity contribution < 1.29 is 21.6 Å². The van der Waals surface area contributed by atoms with E-state index in [1.54, 1.807) is 26.0 Å². The second-order valence-corrected chi connectivity index (χ2v) is 10.5. The van der Waals surface area contributed by atoms with Gasteiger partial charge in [-0.3, -0.25) is 4.79 Å². The van der Waals surface area contributed by atoms with Crippen LogP contribution < -0.4 is 5.32 Å². The Bertz CT molecular complexity index is 1070. The topological polar surface area (TPSA) is 101 Å². The molecule has 0 aliphatic carbocycles. The van der Waals surface area contributed by atoms with E-state index in [0.29, 0.717) is 5.56 Å². The molecule has 0 aromatic heterocycles. The number of hydrogen-bond acceptors (Lipinski definition) is 5. The molecule has 0 fully saturated rings. The van der Waals surface area contributed by atoms with E-state index in [-0.39, 0.29) is 15.5 Å². The lowest BCUT2D eigenvalue weighted by atomic mass is 10.2. The lowest BCUT2D eigenvalue weighted by Gasteiger charge is -2.13. The summed E-state index contributed by atoms with van der Waals surface area (Å²) in [6.45, 7) is 3.44. The highest BCUT2D eigenvalue weighted by Gasteiger charge is 2.22. The van der Waals surface area contributed by atoms with Crippen molar-refractivity contribution in [1.82, 2.24) is 4.31 Å². The molecule has 0 aliphatic rings. The number of sulfone groups is 1. The Morgan fingerprint density at radius 3 is 2.30 bits per heavy atom. The molecule has 2 aromatic rings. The maximum atomic E-state index is 12.6. The number of rotatable bonds is 6. The first-order chi connectivity index (χ1) is 12.4. The highest BCUT2D eigenvalue weighted by atomic mass is 32.2. The molecule has 0 bridgehead atoms. The number of benzene rings is 2. The summed E-state index contributed by atoms with van der Waals surface area (Å²) in [5.74, 6) is -1.47. The number of sulfonamides is 1. The minimum absolute atomic E-state index is 0.00249. The first-order valence-corrected chi connectivity index (χ1v) is 11.1. The molecule has 27 heavy (non-hydrogen) atoms. The van der Waals surface area contributed by atoms with Gasteiger partial charge in [0.25, 0.3) is 0 Å². The second-order valence-electron chi connectivity index (χ2n) is 6.39. The molecule has 0 atom stereocenters. The van der Waals surface area contributed by atoms with Gasteiger partial charge in [-0.05, 0) is 49.2 Å². The highest BCUT2D eigenvalue weighted by molar-refractivity contribution is 7.92. The van der Waals surface area contributed by atoms with Crippen molar-refractivity contribution >= 4 is 31.5 Å². The molecule has 0 spiro atoms. The van der Waals surface area contributed by atoms with Crippen molar-refractivity contribution in [3.63, 3.8) is 0 Å². The SMILES string of the molecule is Cc1ccc(C)c(S(=O)(=O)CC(=O)Nc2cccc(S(=O)(=O)N(C)C)c2)c1. The summed E-state index contributed by atoms with van der Waals surface area (Å²) < 4.78 is 50.5. The summed E-state index contributed by atoms with van der Waals surface area (Å²) in [6, 6.07) is 10.7. The van der Waals surface area contributed by atoms with Gasteiger partial charge in [-0.25, -0.2) is 21.1 Å². The van der Waals surface area contributed by atoms with Crippen LogP contribution in [-0.2, 0) is 24.7 Å². The highest BCUT2D eigenvalue weighted by Crippen LogP contribution is 2.20. The third kappa shape index (κ3) is 4.94. The van der Waals surface area contributed by atoms with Crippen LogP contribution >= 0.6 is 0 Å². The molecule has 146 valence electrons. The van der Waals surface area contributed by atoms with Crippen LogP contribution in [0.15, 0.2) is 52.3 Å². The zero-order valence-corrected chi connectivity index (χ0v) is 17.2. The summed E-state index contributed by atoms with van der Waals surface area (Å²) in [4.78, 5) is 12.4. The lowest BCUT2D eigenvalue weighted by molar-refractivity contribution is -0.113. The molecule has 2 rings (SSSR count). The predicted molar refractivity (Wildman–Crippen MR) is 104 cm³/mol. The molecule has 1 amide bonds. The number of nitrogens with zero attached hydrogens (tertiary/aromatic N) is 1. The Morgan fingerprint density at radius 2 is 1.67 bits per heavy atom. The van der Waals surface area contributed by atoms with Gasteiger partial charge in [-0.2, -0.15) is 0 Å². The Hall–Kier alpha value is -2.23. The zero-order valence-electron chi connectivity index (χ0n) is 15.6. The van der Waals surface area contributed by atoms with Gasteiger partial charge in [0.05, 0.1) is 9.79 Å². The van der Waals surface area contributed by atoms with Gasteiger partial charge < -0.3 is 5.32 Å². The Morgan fingerprint density at radius 1 is 1.00 bits per heavy atom. The van der Waals surface area contributed by atoms with Crippen LogP contribution in [0.5, 0.6) is 0 Å². The third-order valence-electron chi connectivity index (χ3n) is 3.90. The maximum Gasteiger partial charge on any atom is 0.242 e. The van der Waals surface area contributed by atoms with Gasteiger partial charge in [0, 0.05) is 19.8 Å². The molecule has 0 saturated heterocycles. The number of anilines is 1. The zero-order chi connectivity index (χ0) is 20.4. The minimum Gasteiger partial charge on any atom is -0.325 e. The van der Waals surface area contributed by atoms with Gasteiger partial charge >= 0.3 is 0 Å². The summed E-state index contributed by atoms with van der Waals surface area (Å²) in [5, 5.41) is 2.45. The average molecular weight is 411 g/mol. The van der Waals surface area contributed by atoms with E-state index in [2.05, 4.69) is 5.32 Å². The van der Waals surface area contributed by atoms with Crippen molar-refractivity contribution in [3.8, 4) is 0 Å². The van der Waals surface area contributed by atoms with E-state index in [9.17, 15) is 21.6 Å². The molecule has 1 N–H and O–H groups in total. The monoisotopic (exact) mass is 410 g/mol. The van der Waals surface area contributed by atoms with Crippen molar-refractivity contribution in [2.45, 2.75) is 23.6 Å². The number of carbonyl (C=O) groups excluding carboxylic acids is 1. The van der Waals surface area contributed by atoms with E-state index in [4.69, 9.17) is 0 Å². The molecule has 0 aliphatic heterocycles. The van der Waals surface area contributed by atoms with Crippen molar-refractivity contribution in [2.75, 3.05) is 25.2 Å². The van der Waals surface area contributed by atoms with Crippen LogP contribution in [0.25, 0.3) is 0 Å². The lowest BCUT2D eigenvalue weighted by Crippen LogP contribution is -2.24. The quantitative estimate of drug-likeness (QED) is 0.785. The van der Waals surface area contributed by atoms with Crippen molar-refractivity contribution in [1.29, 1.82) is 0 Å². The molecule has 2 aromatic carbocycles. The number of carbonyl (C=O) groups is 1. The molecule has 7 nitrogen and oxygen atoms in total. The molecule has 0 radical (unpaired) electrons. The Kier molecular flexibility index (Phi) is 6.08. The second kappa shape index (κ2) is 7.79. The van der Waals surface area contributed by atoms with Gasteiger partial charge in [0.15, 0.2) is 9.84 Å². The van der Waals surface area contributed by atoms with Crippen molar-refractivity contribution in [3.05, 3.63) is 53.6 Å². The predicted octanol–water partition coefficient (Wildman–Crippen LogP) is 1.97. The molecular weight excluding hydrogens is 388 g/mol. The standard InChI is InChI=1S/C18H22N2O5S2/c1-13-8-9-14(2)17(10-13)26(22,23)12-18(21)19-15-6-5-7-16(11-15)27(24,25)20(3)4/h5-11H,12H2,1-4H3,(H,19,21). The van der Waals surface area contributed by atoms with Gasteiger partial charge in [0.1, 0.15) is 5.75 Å². The fraction of sp³-hybridized carbons (Fsp3) is 0.278. The molecule has 9 heteroatoms. The minimum atomic E-state index is -3.82. The Balaban J connectivity index is 2.22. The van der Waals surface area contributed by atoms with Crippen LogP contribution in [0, 0.1) is 13.8 Å². The fourth-order valence-corrected chi connectivity index (χ4v) is 4.88. The summed E-state index contributed by atoms with van der Waals surface area (Å²) in [7, 11) is -4.68. The van der Waals surface area contributed by atoms with E-state index in [0.717, 1.165) is 9.87 Å². The van der Waals surface area contributed by atoms with Gasteiger partial charge in [-0.15, -0.1) is 0 Å². The van der Waals surface area contributed by atoms with Gasteiger partial charge in [-0.1, -0.05) is 18.2 Å². The van der Waals surface area contributed by atoms with Crippen LogP contribution in [-0.4, -0.2) is 46.9 Å². The van der Waals surface area contributed by atoms with E-state index >= 15 is 0 Å². The van der Waals surface area contributed by atoms with E-state index < -0.39 is 31.5 Å². The Labute approximate surface area is 160 Å². The third-order valence-corrected chi connectivity index (χ3v) is 7.46. The summed E-state index contributed by atoms with van der Waals surface area (Å²) in [5.41, 5.74) is 1.55. The van der Waals surface area contributed by atoms with Crippen LogP contribution in [0.1, 0.15) is 11.1 Å². The summed E-state index contributed by atoms with van der Waals surface area (Å²) >= 11 is 0. The number of nitrogens with one attached hydrogen (secondary N) is 1. The van der Waals surface area contributed by atoms with E-state index in [1.165, 1.54) is 44.4 Å². The van der Waals surface area contributed by atoms with E-state index in [1.807, 2.05) is 0 Å².